The van der Waals surface area contributed by atoms with Crippen LogP contribution in [0.5, 0.6) is 11.5 Å². The molecule has 0 bridgehead atoms. The molecule has 2 aromatic carbocycles. The van der Waals surface area contributed by atoms with Gasteiger partial charge < -0.3 is 25.4 Å². The summed E-state index contributed by atoms with van der Waals surface area (Å²) >= 11 is 0. The first-order valence-corrected chi connectivity index (χ1v) is 11.7. The number of alkyl halides is 3. The molecule has 9 nitrogen and oxygen atoms in total. The Balaban J connectivity index is 1.51. The number of aromatic nitrogens is 1. The molecule has 1 aliphatic heterocycles. The van der Waals surface area contributed by atoms with E-state index in [1.165, 1.54) is 27.8 Å². The van der Waals surface area contributed by atoms with Gasteiger partial charge in [0.05, 0.1) is 17.2 Å². The number of Topliss-reactive ketones (excluding diaryl/α,β-unsaturated/α-hetero) is 1. The molecule has 38 heavy (non-hydrogen) atoms. The van der Waals surface area contributed by atoms with Gasteiger partial charge in [0.15, 0.2) is 5.78 Å². The van der Waals surface area contributed by atoms with E-state index < -0.39 is 30.2 Å². The van der Waals surface area contributed by atoms with E-state index in [2.05, 4.69) is 16.6 Å². The maximum absolute atomic E-state index is 13.2. The van der Waals surface area contributed by atoms with Crippen LogP contribution in [-0.4, -0.2) is 52.9 Å². The fourth-order valence-electron chi connectivity index (χ4n) is 4.44. The Morgan fingerprint density at radius 1 is 1.16 bits per heavy atom. The number of ketones is 1. The van der Waals surface area contributed by atoms with Crippen LogP contribution in [0.2, 0.25) is 0 Å². The van der Waals surface area contributed by atoms with E-state index in [9.17, 15) is 27.6 Å². The minimum absolute atomic E-state index is 0.172. The van der Waals surface area contributed by atoms with E-state index >= 15 is 0 Å². The van der Waals surface area contributed by atoms with Crippen molar-refractivity contribution in [1.82, 2.24) is 9.47 Å². The molecule has 1 fully saturated rings. The van der Waals surface area contributed by atoms with Gasteiger partial charge in [0.25, 0.3) is 0 Å². The zero-order valence-corrected chi connectivity index (χ0v) is 20.2. The SMILES string of the molecule is C=CCOc1ccc2c(c1)c(NC(=O)N1CCC[C@H]1C(=O)Cc1cccc(OC(F)(F)F)c1)cn2C(N)=O. The number of halogens is 3. The van der Waals surface area contributed by atoms with Crippen LogP contribution in [0.1, 0.15) is 18.4 Å². The van der Waals surface area contributed by atoms with Gasteiger partial charge in [0.2, 0.25) is 0 Å². The summed E-state index contributed by atoms with van der Waals surface area (Å²) in [5, 5.41) is 3.26. The number of rotatable bonds is 8. The number of hydrogen-bond acceptors (Lipinski definition) is 5. The predicted molar refractivity (Wildman–Crippen MR) is 133 cm³/mol. The number of nitrogens with two attached hydrogens (primary N) is 1. The van der Waals surface area contributed by atoms with E-state index in [1.54, 1.807) is 24.3 Å². The summed E-state index contributed by atoms with van der Waals surface area (Å²) in [6.45, 7) is 4.16. The smallest absolute Gasteiger partial charge is 0.490 e. The first kappa shape index (κ1) is 26.6. The third-order valence-electron chi connectivity index (χ3n) is 6.02. The van der Waals surface area contributed by atoms with Gasteiger partial charge in [-0.15, -0.1) is 13.2 Å². The van der Waals surface area contributed by atoms with Crippen molar-refractivity contribution in [3.63, 3.8) is 0 Å². The lowest BCUT2D eigenvalue weighted by atomic mass is 10.0. The van der Waals surface area contributed by atoms with E-state index in [0.717, 1.165) is 12.1 Å². The van der Waals surface area contributed by atoms with Crippen LogP contribution in [-0.2, 0) is 11.2 Å². The van der Waals surface area contributed by atoms with Gasteiger partial charge >= 0.3 is 18.4 Å². The van der Waals surface area contributed by atoms with Crippen molar-refractivity contribution in [2.24, 2.45) is 5.73 Å². The fourth-order valence-corrected chi connectivity index (χ4v) is 4.44. The predicted octanol–water partition coefficient (Wildman–Crippen LogP) is 4.84. The van der Waals surface area contributed by atoms with Crippen LogP contribution < -0.4 is 20.5 Å². The molecular formula is C26H25F3N4O5. The number of fused-ring (bicyclic) bond motifs is 1. The molecule has 3 N–H and O–H groups in total. The van der Waals surface area contributed by atoms with Crippen molar-refractivity contribution in [2.45, 2.75) is 31.7 Å². The molecule has 1 atom stereocenters. The molecule has 4 rings (SSSR count). The Morgan fingerprint density at radius 3 is 2.66 bits per heavy atom. The second-order valence-electron chi connectivity index (χ2n) is 8.65. The minimum Gasteiger partial charge on any atom is -0.490 e. The molecule has 3 amide bonds. The second-order valence-corrected chi connectivity index (χ2v) is 8.65. The number of benzene rings is 2. The standard InChI is InChI=1S/C26H25F3N4O5/c1-2-11-37-17-8-9-21-19(14-17)20(15-33(21)24(30)35)31-25(36)32-10-4-7-22(32)23(34)13-16-5-3-6-18(12-16)38-26(27,28)29/h2-3,5-6,8-9,12,14-15,22H,1,4,7,10-11,13H2,(H2,30,35)(H,31,36)/t22-/m0/s1. The van der Waals surface area contributed by atoms with Gasteiger partial charge in [-0.05, 0) is 48.7 Å². The van der Waals surface area contributed by atoms with E-state index in [4.69, 9.17) is 10.5 Å². The Hall–Kier alpha value is -4.48. The number of nitrogens with one attached hydrogen (secondary N) is 1. The Morgan fingerprint density at radius 2 is 1.95 bits per heavy atom. The highest BCUT2D eigenvalue weighted by Crippen LogP contribution is 2.31. The molecular weight excluding hydrogens is 505 g/mol. The van der Waals surface area contributed by atoms with Crippen LogP contribution in [0, 0.1) is 0 Å². The second kappa shape index (κ2) is 10.9. The van der Waals surface area contributed by atoms with Crippen molar-refractivity contribution in [3.8, 4) is 11.5 Å². The first-order valence-electron chi connectivity index (χ1n) is 11.7. The van der Waals surface area contributed by atoms with Crippen LogP contribution in [0.15, 0.2) is 61.3 Å². The van der Waals surface area contributed by atoms with Crippen LogP contribution in [0.25, 0.3) is 10.9 Å². The molecule has 0 radical (unpaired) electrons. The molecule has 12 heteroatoms. The van der Waals surface area contributed by atoms with Crippen LogP contribution >= 0.6 is 0 Å². The number of likely N-dealkylation sites (tertiary alicyclic amines) is 1. The van der Waals surface area contributed by atoms with Crippen molar-refractivity contribution in [2.75, 3.05) is 18.5 Å². The average molecular weight is 531 g/mol. The van der Waals surface area contributed by atoms with Gasteiger partial charge in [-0.3, -0.25) is 9.36 Å². The molecule has 0 saturated carbocycles. The normalized spacial score (nSPS) is 15.3. The number of hydrogen-bond donors (Lipinski definition) is 2. The van der Waals surface area contributed by atoms with E-state index in [1.807, 2.05) is 0 Å². The summed E-state index contributed by atoms with van der Waals surface area (Å²) in [7, 11) is 0. The Bertz CT molecular complexity index is 1380. The zero-order valence-electron chi connectivity index (χ0n) is 20.2. The number of amides is 3. The number of urea groups is 1. The fraction of sp³-hybridized carbons (Fsp3) is 0.269. The molecule has 2 heterocycles. The summed E-state index contributed by atoms with van der Waals surface area (Å²) in [5.74, 6) is -0.256. The molecule has 1 aromatic heterocycles. The van der Waals surface area contributed by atoms with Crippen LogP contribution in [0.3, 0.4) is 0 Å². The average Bonchev–Trinajstić information content (AvgIpc) is 3.47. The van der Waals surface area contributed by atoms with Crippen molar-refractivity contribution in [1.29, 1.82) is 0 Å². The molecule has 0 aliphatic carbocycles. The third-order valence-corrected chi connectivity index (χ3v) is 6.02. The van der Waals surface area contributed by atoms with Crippen molar-refractivity contribution >= 4 is 34.4 Å². The monoisotopic (exact) mass is 530 g/mol. The highest BCUT2D eigenvalue weighted by atomic mass is 19.4. The van der Waals surface area contributed by atoms with E-state index in [-0.39, 0.29) is 18.8 Å². The summed E-state index contributed by atoms with van der Waals surface area (Å²) in [4.78, 5) is 39.6. The molecule has 3 aromatic rings. The molecule has 1 aliphatic rings. The van der Waals surface area contributed by atoms with Gasteiger partial charge in [-0.2, -0.15) is 0 Å². The number of anilines is 1. The third kappa shape index (κ3) is 6.07. The van der Waals surface area contributed by atoms with Crippen LogP contribution in [0.4, 0.5) is 28.4 Å². The minimum atomic E-state index is -4.85. The van der Waals surface area contributed by atoms with Gasteiger partial charge in [-0.25, -0.2) is 9.59 Å². The maximum atomic E-state index is 13.2. The highest BCUT2D eigenvalue weighted by Gasteiger charge is 2.35. The maximum Gasteiger partial charge on any atom is 0.573 e. The quantitative estimate of drug-likeness (QED) is 0.405. The summed E-state index contributed by atoms with van der Waals surface area (Å²) in [5.41, 5.74) is 6.57. The number of ether oxygens (including phenoxy) is 2. The summed E-state index contributed by atoms with van der Waals surface area (Å²) in [6, 6.07) is 8.04. The Kier molecular flexibility index (Phi) is 7.60. The number of primary amides is 1. The lowest BCUT2D eigenvalue weighted by Gasteiger charge is -2.24. The van der Waals surface area contributed by atoms with Gasteiger partial charge in [0, 0.05) is 24.5 Å². The topological polar surface area (TPSA) is 116 Å². The van der Waals surface area contributed by atoms with E-state index in [0.29, 0.717) is 47.3 Å². The lowest BCUT2D eigenvalue weighted by molar-refractivity contribution is -0.274. The van der Waals surface area contributed by atoms with Crippen molar-refractivity contribution < 1.29 is 37.0 Å². The lowest BCUT2D eigenvalue weighted by Crippen LogP contribution is -2.43. The molecule has 0 unspecified atom stereocenters. The largest absolute Gasteiger partial charge is 0.573 e. The number of carbonyl (C=O) groups is 3. The highest BCUT2D eigenvalue weighted by molar-refractivity contribution is 6.06. The van der Waals surface area contributed by atoms with Gasteiger partial charge in [0.1, 0.15) is 18.1 Å². The number of carbonyl (C=O) groups excluding carboxylic acids is 3. The summed E-state index contributed by atoms with van der Waals surface area (Å²) in [6.07, 6.45) is -1.07. The number of nitrogens with zero attached hydrogens (tertiary/aromatic N) is 2. The van der Waals surface area contributed by atoms with Gasteiger partial charge in [-0.1, -0.05) is 24.8 Å². The summed E-state index contributed by atoms with van der Waals surface area (Å²) < 4.78 is 48.3. The molecule has 1 saturated heterocycles. The Labute approximate surface area is 215 Å². The van der Waals surface area contributed by atoms with Crippen molar-refractivity contribution in [3.05, 3.63) is 66.9 Å². The zero-order chi connectivity index (χ0) is 27.4. The molecule has 200 valence electrons. The first-order chi connectivity index (χ1) is 18.1. The molecule has 0 spiro atoms.